The molecule has 120 valence electrons. The van der Waals surface area contributed by atoms with Gasteiger partial charge in [0.1, 0.15) is 0 Å². The summed E-state index contributed by atoms with van der Waals surface area (Å²) in [7, 11) is 0. The number of pyridine rings is 1. The van der Waals surface area contributed by atoms with Crippen molar-refractivity contribution in [2.24, 2.45) is 0 Å². The second-order valence-corrected chi connectivity index (χ2v) is 5.39. The fourth-order valence-corrected chi connectivity index (χ4v) is 2.01. The molecule has 1 aromatic heterocycles. The highest BCUT2D eigenvalue weighted by molar-refractivity contribution is 6.05. The van der Waals surface area contributed by atoms with E-state index in [1.807, 2.05) is 31.2 Å². The minimum atomic E-state index is -0.287. The molecule has 0 bridgehead atoms. The lowest BCUT2D eigenvalue weighted by Gasteiger charge is -2.07. The summed E-state index contributed by atoms with van der Waals surface area (Å²) in [6.07, 6.45) is 4.85. The number of nitrogens with zero attached hydrogens (tertiary/aromatic N) is 1. The van der Waals surface area contributed by atoms with Crippen molar-refractivity contribution in [1.29, 1.82) is 0 Å². The maximum atomic E-state index is 12.3. The molecule has 5 heteroatoms. The van der Waals surface area contributed by atoms with E-state index in [2.05, 4.69) is 22.5 Å². The summed E-state index contributed by atoms with van der Waals surface area (Å²) in [5.74, 6) is -0.500. The second kappa shape index (κ2) is 8.08. The highest BCUT2D eigenvalue weighted by Crippen LogP contribution is 2.11. The molecular formula is C18H21N3O2. The highest BCUT2D eigenvalue weighted by Gasteiger charge is 2.11. The van der Waals surface area contributed by atoms with Gasteiger partial charge in [-0.2, -0.15) is 0 Å². The van der Waals surface area contributed by atoms with E-state index in [1.165, 1.54) is 12.4 Å². The Kier molecular flexibility index (Phi) is 5.86. The quantitative estimate of drug-likeness (QED) is 0.805. The van der Waals surface area contributed by atoms with E-state index in [1.54, 1.807) is 6.07 Å². The van der Waals surface area contributed by atoms with E-state index in [4.69, 9.17) is 0 Å². The van der Waals surface area contributed by atoms with Gasteiger partial charge < -0.3 is 10.6 Å². The standard InChI is InChI=1S/C18H21N3O2/c1-3-4-9-20-17(22)14-10-15(12-19-11-14)18(23)21-16-7-5-13(2)6-8-16/h5-8,10-12H,3-4,9H2,1-2H3,(H,20,22)(H,21,23). The lowest BCUT2D eigenvalue weighted by atomic mass is 10.1. The van der Waals surface area contributed by atoms with Crippen LogP contribution in [0.1, 0.15) is 46.0 Å². The van der Waals surface area contributed by atoms with Gasteiger partial charge in [0.05, 0.1) is 11.1 Å². The average Bonchev–Trinajstić information content (AvgIpc) is 2.57. The predicted molar refractivity (Wildman–Crippen MR) is 90.6 cm³/mol. The molecule has 1 heterocycles. The fourth-order valence-electron chi connectivity index (χ4n) is 2.01. The third-order valence-electron chi connectivity index (χ3n) is 3.39. The molecule has 5 nitrogen and oxygen atoms in total. The Balaban J connectivity index is 2.04. The van der Waals surface area contributed by atoms with Gasteiger partial charge in [-0.3, -0.25) is 14.6 Å². The minimum absolute atomic E-state index is 0.212. The first-order valence-electron chi connectivity index (χ1n) is 7.71. The van der Waals surface area contributed by atoms with Crippen LogP contribution >= 0.6 is 0 Å². The number of unbranched alkanes of at least 4 members (excludes halogenated alkanes) is 1. The van der Waals surface area contributed by atoms with Crippen molar-refractivity contribution in [3.05, 3.63) is 59.4 Å². The normalized spacial score (nSPS) is 10.2. The Morgan fingerprint density at radius 1 is 1.04 bits per heavy atom. The minimum Gasteiger partial charge on any atom is -0.352 e. The molecular weight excluding hydrogens is 290 g/mol. The first-order chi connectivity index (χ1) is 11.1. The molecule has 0 fully saturated rings. The number of amides is 2. The molecule has 2 aromatic rings. The molecule has 0 unspecified atom stereocenters. The van der Waals surface area contributed by atoms with Gasteiger partial charge in [0.2, 0.25) is 0 Å². The predicted octanol–water partition coefficient (Wildman–Crippen LogP) is 3.17. The Bertz CT molecular complexity index is 681. The molecule has 0 aliphatic carbocycles. The molecule has 2 rings (SSSR count). The number of benzene rings is 1. The van der Waals surface area contributed by atoms with Gasteiger partial charge in [-0.15, -0.1) is 0 Å². The van der Waals surface area contributed by atoms with Crippen LogP contribution in [0.4, 0.5) is 5.69 Å². The van der Waals surface area contributed by atoms with Gasteiger partial charge in [-0.1, -0.05) is 31.0 Å². The lowest BCUT2D eigenvalue weighted by molar-refractivity contribution is 0.0953. The van der Waals surface area contributed by atoms with Crippen LogP contribution in [0, 0.1) is 6.92 Å². The monoisotopic (exact) mass is 311 g/mol. The molecule has 0 aliphatic rings. The summed E-state index contributed by atoms with van der Waals surface area (Å²) in [4.78, 5) is 28.2. The zero-order valence-electron chi connectivity index (χ0n) is 13.4. The first-order valence-corrected chi connectivity index (χ1v) is 7.71. The molecule has 2 amide bonds. The smallest absolute Gasteiger partial charge is 0.257 e. The van der Waals surface area contributed by atoms with Gasteiger partial charge in [0.15, 0.2) is 0 Å². The summed E-state index contributed by atoms with van der Waals surface area (Å²) < 4.78 is 0. The summed E-state index contributed by atoms with van der Waals surface area (Å²) in [6, 6.07) is 9.07. The highest BCUT2D eigenvalue weighted by atomic mass is 16.2. The van der Waals surface area contributed by atoms with Crippen molar-refractivity contribution in [2.45, 2.75) is 26.7 Å². The summed E-state index contributed by atoms with van der Waals surface area (Å²) >= 11 is 0. The third kappa shape index (κ3) is 4.92. The van der Waals surface area contributed by atoms with E-state index >= 15 is 0 Å². The number of hydrogen-bond acceptors (Lipinski definition) is 3. The van der Waals surface area contributed by atoms with Crippen molar-refractivity contribution in [1.82, 2.24) is 10.3 Å². The lowest BCUT2D eigenvalue weighted by Crippen LogP contribution is -2.25. The Morgan fingerprint density at radius 2 is 1.70 bits per heavy atom. The maximum absolute atomic E-state index is 12.3. The Morgan fingerprint density at radius 3 is 2.35 bits per heavy atom. The third-order valence-corrected chi connectivity index (χ3v) is 3.39. The van der Waals surface area contributed by atoms with Gasteiger partial charge in [-0.05, 0) is 31.5 Å². The van der Waals surface area contributed by atoms with Gasteiger partial charge in [-0.25, -0.2) is 0 Å². The Hall–Kier alpha value is -2.69. The largest absolute Gasteiger partial charge is 0.352 e. The molecule has 0 radical (unpaired) electrons. The number of aryl methyl sites for hydroxylation is 1. The zero-order chi connectivity index (χ0) is 16.7. The number of aromatic nitrogens is 1. The Labute approximate surface area is 136 Å². The van der Waals surface area contributed by atoms with E-state index in [0.29, 0.717) is 23.4 Å². The van der Waals surface area contributed by atoms with Gasteiger partial charge in [0, 0.05) is 24.6 Å². The molecule has 0 aliphatic heterocycles. The van der Waals surface area contributed by atoms with E-state index in [0.717, 1.165) is 18.4 Å². The summed E-state index contributed by atoms with van der Waals surface area (Å²) in [6.45, 7) is 4.66. The van der Waals surface area contributed by atoms with Crippen LogP contribution in [0.25, 0.3) is 0 Å². The molecule has 0 spiro atoms. The zero-order valence-corrected chi connectivity index (χ0v) is 13.4. The van der Waals surface area contributed by atoms with Crippen LogP contribution < -0.4 is 10.6 Å². The fraction of sp³-hybridized carbons (Fsp3) is 0.278. The summed E-state index contributed by atoms with van der Waals surface area (Å²) in [5.41, 5.74) is 2.57. The van der Waals surface area contributed by atoms with Gasteiger partial charge >= 0.3 is 0 Å². The number of anilines is 1. The van der Waals surface area contributed by atoms with E-state index in [-0.39, 0.29) is 11.8 Å². The van der Waals surface area contributed by atoms with Crippen molar-refractivity contribution in [3.8, 4) is 0 Å². The molecule has 0 saturated heterocycles. The SMILES string of the molecule is CCCCNC(=O)c1cncc(C(=O)Nc2ccc(C)cc2)c1. The van der Waals surface area contributed by atoms with E-state index < -0.39 is 0 Å². The van der Waals surface area contributed by atoms with Crippen LogP contribution in [0.15, 0.2) is 42.7 Å². The first kappa shape index (κ1) is 16.7. The van der Waals surface area contributed by atoms with Crippen molar-refractivity contribution >= 4 is 17.5 Å². The van der Waals surface area contributed by atoms with Crippen LogP contribution in [0.5, 0.6) is 0 Å². The molecule has 2 N–H and O–H groups in total. The maximum Gasteiger partial charge on any atom is 0.257 e. The molecule has 0 saturated carbocycles. The number of hydrogen-bond donors (Lipinski definition) is 2. The number of nitrogens with one attached hydrogen (secondary N) is 2. The number of carbonyl (C=O) groups excluding carboxylic acids is 2. The van der Waals surface area contributed by atoms with Crippen LogP contribution in [-0.4, -0.2) is 23.3 Å². The van der Waals surface area contributed by atoms with E-state index in [9.17, 15) is 9.59 Å². The number of rotatable bonds is 6. The van der Waals surface area contributed by atoms with Crippen LogP contribution in [-0.2, 0) is 0 Å². The summed E-state index contributed by atoms with van der Waals surface area (Å²) in [5, 5.41) is 5.60. The van der Waals surface area contributed by atoms with Crippen molar-refractivity contribution in [3.63, 3.8) is 0 Å². The molecule has 0 atom stereocenters. The molecule has 1 aromatic carbocycles. The topological polar surface area (TPSA) is 71.1 Å². The van der Waals surface area contributed by atoms with Crippen molar-refractivity contribution in [2.75, 3.05) is 11.9 Å². The van der Waals surface area contributed by atoms with Crippen molar-refractivity contribution < 1.29 is 9.59 Å². The number of carbonyl (C=O) groups is 2. The van der Waals surface area contributed by atoms with Gasteiger partial charge in [0.25, 0.3) is 11.8 Å². The molecule has 23 heavy (non-hydrogen) atoms. The van der Waals surface area contributed by atoms with Crippen LogP contribution in [0.3, 0.4) is 0 Å². The second-order valence-electron chi connectivity index (χ2n) is 5.39. The van der Waals surface area contributed by atoms with Crippen LogP contribution in [0.2, 0.25) is 0 Å². The average molecular weight is 311 g/mol.